The van der Waals surface area contributed by atoms with Gasteiger partial charge in [0, 0.05) is 31.8 Å². The highest BCUT2D eigenvalue weighted by molar-refractivity contribution is 7.89. The van der Waals surface area contributed by atoms with Crippen LogP contribution >= 0.6 is 0 Å². The van der Waals surface area contributed by atoms with Crippen LogP contribution < -0.4 is 19.1 Å². The smallest absolute Gasteiger partial charge is 0.240 e. The van der Waals surface area contributed by atoms with Gasteiger partial charge in [0.05, 0.1) is 19.1 Å². The number of carbonyl (C=O) groups is 1. The summed E-state index contributed by atoms with van der Waals surface area (Å²) in [5, 5.41) is 0. The third kappa shape index (κ3) is 4.74. The van der Waals surface area contributed by atoms with E-state index in [4.69, 9.17) is 9.47 Å². The van der Waals surface area contributed by atoms with Gasteiger partial charge in [0.1, 0.15) is 0 Å². The lowest BCUT2D eigenvalue weighted by atomic mass is 10.3. The number of sulfonamides is 1. The van der Waals surface area contributed by atoms with Crippen molar-refractivity contribution in [1.29, 1.82) is 0 Å². The van der Waals surface area contributed by atoms with E-state index >= 15 is 0 Å². The van der Waals surface area contributed by atoms with Gasteiger partial charge in [-0.25, -0.2) is 13.1 Å². The van der Waals surface area contributed by atoms with Crippen molar-refractivity contribution < 1.29 is 22.7 Å². The molecule has 0 radical (unpaired) electrons. The number of anilines is 1. The highest BCUT2D eigenvalue weighted by Gasteiger charge is 2.18. The summed E-state index contributed by atoms with van der Waals surface area (Å²) in [7, 11) is -0.832. The Kier molecular flexibility index (Phi) is 6.59. The molecule has 1 N–H and O–H groups in total. The van der Waals surface area contributed by atoms with E-state index in [1.165, 1.54) is 44.2 Å². The number of hydrogen-bond donors (Lipinski definition) is 1. The summed E-state index contributed by atoms with van der Waals surface area (Å²) < 4.78 is 37.7. The van der Waals surface area contributed by atoms with Crippen molar-refractivity contribution in [3.05, 3.63) is 48.5 Å². The second-order valence-electron chi connectivity index (χ2n) is 5.42. The summed E-state index contributed by atoms with van der Waals surface area (Å²) in [6, 6.07) is 13.4. The van der Waals surface area contributed by atoms with Crippen LogP contribution in [-0.2, 0) is 14.8 Å². The van der Waals surface area contributed by atoms with E-state index in [0.29, 0.717) is 17.2 Å². The number of para-hydroxylation sites is 1. The van der Waals surface area contributed by atoms with Crippen LogP contribution in [0.15, 0.2) is 53.4 Å². The molecule has 0 aromatic heterocycles. The molecule has 0 fully saturated rings. The molecule has 1 amide bonds. The Bertz CT molecular complexity index is 853. The van der Waals surface area contributed by atoms with Crippen LogP contribution in [-0.4, -0.2) is 41.6 Å². The van der Waals surface area contributed by atoms with E-state index < -0.39 is 10.0 Å². The minimum Gasteiger partial charge on any atom is -0.493 e. The van der Waals surface area contributed by atoms with E-state index in [2.05, 4.69) is 4.72 Å². The van der Waals surface area contributed by atoms with Crippen LogP contribution in [0.3, 0.4) is 0 Å². The molecule has 2 aromatic rings. The van der Waals surface area contributed by atoms with Crippen molar-refractivity contribution in [1.82, 2.24) is 4.72 Å². The summed E-state index contributed by atoms with van der Waals surface area (Å²) in [5.41, 5.74) is 0.713. The van der Waals surface area contributed by atoms with Gasteiger partial charge in [-0.1, -0.05) is 18.2 Å². The monoisotopic (exact) mass is 378 g/mol. The zero-order valence-electron chi connectivity index (χ0n) is 14.9. The van der Waals surface area contributed by atoms with E-state index in [9.17, 15) is 13.2 Å². The van der Waals surface area contributed by atoms with Crippen LogP contribution in [0.2, 0.25) is 0 Å². The van der Waals surface area contributed by atoms with Gasteiger partial charge in [0.15, 0.2) is 11.5 Å². The zero-order chi connectivity index (χ0) is 19.2. The van der Waals surface area contributed by atoms with Crippen LogP contribution in [0.1, 0.15) is 6.92 Å². The number of carbonyl (C=O) groups excluding carboxylic acids is 1. The Labute approximate surface area is 153 Å². The standard InChI is InChI=1S/C18H22N2O5S/c1-14(21)20(15-7-5-4-6-8-15)12-11-19-26(22,23)16-9-10-17(24-2)18(13-16)25-3/h4-10,13,19H,11-12H2,1-3H3. The molecule has 8 heteroatoms. The molecule has 0 aliphatic heterocycles. The number of amides is 1. The molecule has 7 nitrogen and oxygen atoms in total. The first-order valence-electron chi connectivity index (χ1n) is 7.94. The summed E-state index contributed by atoms with van der Waals surface area (Å²) in [5.74, 6) is 0.602. The number of rotatable bonds is 8. The maximum absolute atomic E-state index is 12.5. The maximum atomic E-state index is 12.5. The van der Waals surface area contributed by atoms with Gasteiger partial charge in [0.25, 0.3) is 0 Å². The molecule has 0 atom stereocenters. The summed E-state index contributed by atoms with van der Waals surface area (Å²) in [6.07, 6.45) is 0. The minimum atomic E-state index is -3.74. The zero-order valence-corrected chi connectivity index (χ0v) is 15.7. The first-order chi connectivity index (χ1) is 12.4. The van der Waals surface area contributed by atoms with Gasteiger partial charge in [-0.05, 0) is 24.3 Å². The average Bonchev–Trinajstić information content (AvgIpc) is 2.65. The molecule has 0 saturated carbocycles. The Balaban J connectivity index is 2.09. The fourth-order valence-corrected chi connectivity index (χ4v) is 3.47. The van der Waals surface area contributed by atoms with E-state index in [0.717, 1.165) is 0 Å². The Morgan fingerprint density at radius 3 is 2.27 bits per heavy atom. The molecule has 0 aliphatic carbocycles. The molecular weight excluding hydrogens is 356 g/mol. The molecule has 0 spiro atoms. The Morgan fingerprint density at radius 2 is 1.69 bits per heavy atom. The molecule has 0 bridgehead atoms. The third-order valence-electron chi connectivity index (χ3n) is 3.74. The van der Waals surface area contributed by atoms with Crippen LogP contribution in [0.4, 0.5) is 5.69 Å². The SMILES string of the molecule is COc1ccc(S(=O)(=O)NCCN(C(C)=O)c2ccccc2)cc1OC. The molecule has 140 valence electrons. The highest BCUT2D eigenvalue weighted by atomic mass is 32.2. The molecule has 26 heavy (non-hydrogen) atoms. The molecule has 0 heterocycles. The van der Waals surface area contributed by atoms with Crippen LogP contribution in [0.25, 0.3) is 0 Å². The van der Waals surface area contributed by atoms with Gasteiger partial charge in [-0.2, -0.15) is 0 Å². The average molecular weight is 378 g/mol. The molecule has 2 aromatic carbocycles. The number of methoxy groups -OCH3 is 2. The van der Waals surface area contributed by atoms with Gasteiger partial charge < -0.3 is 14.4 Å². The van der Waals surface area contributed by atoms with Gasteiger partial charge in [0.2, 0.25) is 15.9 Å². The van der Waals surface area contributed by atoms with E-state index in [1.807, 2.05) is 18.2 Å². The van der Waals surface area contributed by atoms with Crippen molar-refractivity contribution in [3.8, 4) is 11.5 Å². The van der Waals surface area contributed by atoms with Gasteiger partial charge >= 0.3 is 0 Å². The second kappa shape index (κ2) is 8.68. The number of benzene rings is 2. The molecule has 0 aliphatic rings. The lowest BCUT2D eigenvalue weighted by Crippen LogP contribution is -2.37. The van der Waals surface area contributed by atoms with E-state index in [1.54, 1.807) is 12.1 Å². The lowest BCUT2D eigenvalue weighted by molar-refractivity contribution is -0.116. The number of nitrogens with one attached hydrogen (secondary N) is 1. The van der Waals surface area contributed by atoms with Crippen molar-refractivity contribution in [2.75, 3.05) is 32.2 Å². The normalized spacial score (nSPS) is 11.0. The fraction of sp³-hybridized carbons (Fsp3) is 0.278. The maximum Gasteiger partial charge on any atom is 0.240 e. The molecule has 2 rings (SSSR count). The van der Waals surface area contributed by atoms with Crippen molar-refractivity contribution in [3.63, 3.8) is 0 Å². The molecule has 0 saturated heterocycles. The van der Waals surface area contributed by atoms with Crippen molar-refractivity contribution in [2.45, 2.75) is 11.8 Å². The molecule has 0 unspecified atom stereocenters. The van der Waals surface area contributed by atoms with Crippen molar-refractivity contribution in [2.24, 2.45) is 0 Å². The second-order valence-corrected chi connectivity index (χ2v) is 7.19. The minimum absolute atomic E-state index is 0.0595. The Morgan fingerprint density at radius 1 is 1.04 bits per heavy atom. The fourth-order valence-electron chi connectivity index (χ4n) is 2.44. The van der Waals surface area contributed by atoms with E-state index in [-0.39, 0.29) is 23.9 Å². The Hall–Kier alpha value is -2.58. The first-order valence-corrected chi connectivity index (χ1v) is 9.42. The van der Waals surface area contributed by atoms with Crippen LogP contribution in [0.5, 0.6) is 11.5 Å². The highest BCUT2D eigenvalue weighted by Crippen LogP contribution is 2.29. The predicted octanol–water partition coefficient (Wildman–Crippen LogP) is 2.04. The third-order valence-corrected chi connectivity index (χ3v) is 5.20. The number of ether oxygens (including phenoxy) is 2. The summed E-state index contributed by atoms with van der Waals surface area (Å²) in [4.78, 5) is 13.4. The van der Waals surface area contributed by atoms with Crippen molar-refractivity contribution >= 4 is 21.6 Å². The van der Waals surface area contributed by atoms with Crippen LogP contribution in [0, 0.1) is 0 Å². The predicted molar refractivity (Wildman–Crippen MR) is 99.2 cm³/mol. The first kappa shape index (κ1) is 19.7. The topological polar surface area (TPSA) is 84.9 Å². The van der Waals surface area contributed by atoms with Gasteiger partial charge in [-0.15, -0.1) is 0 Å². The largest absolute Gasteiger partial charge is 0.493 e. The van der Waals surface area contributed by atoms with Gasteiger partial charge in [-0.3, -0.25) is 4.79 Å². The summed E-state index contributed by atoms with van der Waals surface area (Å²) in [6.45, 7) is 1.73. The summed E-state index contributed by atoms with van der Waals surface area (Å²) >= 11 is 0. The lowest BCUT2D eigenvalue weighted by Gasteiger charge is -2.21. The number of hydrogen-bond acceptors (Lipinski definition) is 5. The quantitative estimate of drug-likeness (QED) is 0.760. The number of nitrogens with zero attached hydrogens (tertiary/aromatic N) is 1. The molecular formula is C18H22N2O5S.